The van der Waals surface area contributed by atoms with Gasteiger partial charge in [-0.15, -0.1) is 0 Å². The van der Waals surface area contributed by atoms with Crippen molar-refractivity contribution < 1.29 is 4.52 Å². The Labute approximate surface area is 76.7 Å². The first kappa shape index (κ1) is 7.50. The molecule has 1 N–H and O–H groups in total. The summed E-state index contributed by atoms with van der Waals surface area (Å²) in [6.07, 6.45) is 1.22. The molecule has 2 aliphatic rings. The molecule has 2 unspecified atom stereocenters. The van der Waals surface area contributed by atoms with Crippen LogP contribution in [0, 0.1) is 5.92 Å². The molecule has 4 heteroatoms. The Bertz CT molecular complexity index is 299. The summed E-state index contributed by atoms with van der Waals surface area (Å²) in [5.41, 5.74) is 0. The minimum absolute atomic E-state index is 0.468. The maximum Gasteiger partial charge on any atom is 0.232 e. The fourth-order valence-electron chi connectivity index (χ4n) is 1.71. The average molecular weight is 179 g/mol. The summed E-state index contributed by atoms with van der Waals surface area (Å²) in [6, 6.07) is 0. The van der Waals surface area contributed by atoms with Crippen LogP contribution in [0.4, 0.5) is 0 Å². The van der Waals surface area contributed by atoms with Crippen LogP contribution in [-0.2, 0) is 0 Å². The molecule has 2 atom stereocenters. The summed E-state index contributed by atoms with van der Waals surface area (Å²) in [4.78, 5) is 4.43. The lowest BCUT2D eigenvalue weighted by molar-refractivity contribution is 0.306. The number of hydrogen-bond acceptors (Lipinski definition) is 4. The third kappa shape index (κ3) is 1.16. The Morgan fingerprint density at radius 1 is 1.46 bits per heavy atom. The molecule has 1 aliphatic carbocycles. The second-order valence-corrected chi connectivity index (χ2v) is 4.17. The van der Waals surface area contributed by atoms with E-state index in [4.69, 9.17) is 4.52 Å². The lowest BCUT2D eigenvalue weighted by Gasteiger charge is -2.22. The predicted molar refractivity (Wildman–Crippen MR) is 46.4 cm³/mol. The third-order valence-electron chi connectivity index (χ3n) is 3.03. The molecule has 70 valence electrons. The van der Waals surface area contributed by atoms with Crippen molar-refractivity contribution in [3.05, 3.63) is 11.7 Å². The molecule has 13 heavy (non-hydrogen) atoms. The largest absolute Gasteiger partial charge is 0.339 e. The molecule has 1 saturated heterocycles. The van der Waals surface area contributed by atoms with Gasteiger partial charge in [0.25, 0.3) is 0 Å². The molecule has 0 aromatic carbocycles. The van der Waals surface area contributed by atoms with Gasteiger partial charge in [-0.3, -0.25) is 0 Å². The fourth-order valence-corrected chi connectivity index (χ4v) is 1.71. The molecular weight excluding hydrogens is 166 g/mol. The summed E-state index contributed by atoms with van der Waals surface area (Å²) in [7, 11) is 0. The smallest absolute Gasteiger partial charge is 0.232 e. The first-order valence-corrected chi connectivity index (χ1v) is 4.89. The molecule has 0 radical (unpaired) electrons. The number of rotatable bonds is 2. The van der Waals surface area contributed by atoms with Gasteiger partial charge in [0.1, 0.15) is 0 Å². The van der Waals surface area contributed by atoms with Gasteiger partial charge in [-0.05, 0) is 12.3 Å². The lowest BCUT2D eigenvalue weighted by atomic mass is 10.0. The Morgan fingerprint density at radius 3 is 2.77 bits per heavy atom. The summed E-state index contributed by atoms with van der Waals surface area (Å²) in [6.45, 7) is 4.20. The number of aromatic nitrogens is 2. The average Bonchev–Trinajstić information content (AvgIpc) is 2.58. The van der Waals surface area contributed by atoms with Gasteiger partial charge in [-0.25, -0.2) is 0 Å². The van der Waals surface area contributed by atoms with Crippen LogP contribution in [0.25, 0.3) is 0 Å². The van der Waals surface area contributed by atoms with Crippen molar-refractivity contribution in [2.75, 3.05) is 13.1 Å². The van der Waals surface area contributed by atoms with E-state index in [2.05, 4.69) is 22.4 Å². The Kier molecular flexibility index (Phi) is 1.47. The molecule has 1 aliphatic heterocycles. The second kappa shape index (κ2) is 2.54. The highest BCUT2D eigenvalue weighted by Crippen LogP contribution is 2.45. The monoisotopic (exact) mass is 179 g/mol. The molecule has 1 aromatic rings. The van der Waals surface area contributed by atoms with Crippen molar-refractivity contribution in [1.29, 1.82) is 0 Å². The van der Waals surface area contributed by atoms with E-state index in [1.54, 1.807) is 0 Å². The van der Waals surface area contributed by atoms with Crippen molar-refractivity contribution in [3.8, 4) is 0 Å². The van der Waals surface area contributed by atoms with Crippen molar-refractivity contribution >= 4 is 0 Å². The van der Waals surface area contributed by atoms with Gasteiger partial charge in [0.2, 0.25) is 5.89 Å². The Balaban J connectivity index is 1.77. The molecule has 3 rings (SSSR count). The summed E-state index contributed by atoms with van der Waals surface area (Å²) in [5, 5.41) is 7.21. The third-order valence-corrected chi connectivity index (χ3v) is 3.03. The number of nitrogens with zero attached hydrogens (tertiary/aromatic N) is 2. The van der Waals surface area contributed by atoms with E-state index in [-0.39, 0.29) is 0 Å². The highest BCUT2D eigenvalue weighted by atomic mass is 16.5. The van der Waals surface area contributed by atoms with E-state index in [0.717, 1.165) is 30.7 Å². The molecular formula is C9H13N3O. The van der Waals surface area contributed by atoms with E-state index in [1.165, 1.54) is 6.42 Å². The van der Waals surface area contributed by atoms with Gasteiger partial charge < -0.3 is 9.84 Å². The zero-order chi connectivity index (χ0) is 8.84. The Hall–Kier alpha value is -0.900. The molecule has 1 aromatic heterocycles. The van der Waals surface area contributed by atoms with E-state index < -0.39 is 0 Å². The van der Waals surface area contributed by atoms with Gasteiger partial charge in [0.15, 0.2) is 5.82 Å². The van der Waals surface area contributed by atoms with Crippen LogP contribution in [0.2, 0.25) is 0 Å². The van der Waals surface area contributed by atoms with Crippen molar-refractivity contribution in [2.45, 2.75) is 25.2 Å². The van der Waals surface area contributed by atoms with Crippen LogP contribution in [0.15, 0.2) is 4.52 Å². The van der Waals surface area contributed by atoms with Crippen molar-refractivity contribution in [3.63, 3.8) is 0 Å². The first-order chi connectivity index (χ1) is 6.34. The minimum atomic E-state index is 0.468. The second-order valence-electron chi connectivity index (χ2n) is 4.17. The van der Waals surface area contributed by atoms with Crippen LogP contribution in [-0.4, -0.2) is 23.2 Å². The quantitative estimate of drug-likeness (QED) is 0.732. The highest BCUT2D eigenvalue weighted by molar-refractivity contribution is 5.10. The fraction of sp³-hybridized carbons (Fsp3) is 0.778. The van der Waals surface area contributed by atoms with Crippen LogP contribution >= 0.6 is 0 Å². The highest BCUT2D eigenvalue weighted by Gasteiger charge is 2.38. The van der Waals surface area contributed by atoms with E-state index in [1.807, 2.05) is 0 Å². The molecule has 2 heterocycles. The van der Waals surface area contributed by atoms with Gasteiger partial charge in [0.05, 0.1) is 5.92 Å². The SMILES string of the molecule is CC1CC1c1noc(C2CNC2)n1. The predicted octanol–water partition coefficient (Wildman–Crippen LogP) is 0.880. The van der Waals surface area contributed by atoms with E-state index in [9.17, 15) is 0 Å². The van der Waals surface area contributed by atoms with E-state index >= 15 is 0 Å². The maximum atomic E-state index is 5.22. The van der Waals surface area contributed by atoms with Crippen LogP contribution in [0.5, 0.6) is 0 Å². The van der Waals surface area contributed by atoms with Gasteiger partial charge >= 0.3 is 0 Å². The van der Waals surface area contributed by atoms with Crippen LogP contribution in [0.1, 0.15) is 36.9 Å². The van der Waals surface area contributed by atoms with Crippen molar-refractivity contribution in [2.24, 2.45) is 5.92 Å². The van der Waals surface area contributed by atoms with Gasteiger partial charge in [0, 0.05) is 19.0 Å². The molecule has 4 nitrogen and oxygen atoms in total. The Morgan fingerprint density at radius 2 is 2.23 bits per heavy atom. The molecule has 0 bridgehead atoms. The van der Waals surface area contributed by atoms with Gasteiger partial charge in [-0.2, -0.15) is 4.98 Å². The van der Waals surface area contributed by atoms with Gasteiger partial charge in [-0.1, -0.05) is 12.1 Å². The minimum Gasteiger partial charge on any atom is -0.339 e. The molecule has 0 spiro atoms. The summed E-state index contributed by atoms with van der Waals surface area (Å²) in [5.74, 6) is 3.55. The molecule has 2 fully saturated rings. The number of nitrogens with one attached hydrogen (secondary N) is 1. The summed E-state index contributed by atoms with van der Waals surface area (Å²) >= 11 is 0. The topological polar surface area (TPSA) is 51.0 Å². The zero-order valence-electron chi connectivity index (χ0n) is 7.66. The normalized spacial score (nSPS) is 33.0. The standard InChI is InChI=1S/C9H13N3O/c1-5-2-7(5)8-11-9(13-12-8)6-3-10-4-6/h5-7,10H,2-4H2,1H3. The van der Waals surface area contributed by atoms with E-state index in [0.29, 0.717) is 11.8 Å². The first-order valence-electron chi connectivity index (χ1n) is 4.89. The van der Waals surface area contributed by atoms with Crippen LogP contribution < -0.4 is 5.32 Å². The number of hydrogen-bond donors (Lipinski definition) is 1. The van der Waals surface area contributed by atoms with Crippen molar-refractivity contribution in [1.82, 2.24) is 15.5 Å². The van der Waals surface area contributed by atoms with Crippen LogP contribution in [0.3, 0.4) is 0 Å². The molecule has 1 saturated carbocycles. The lowest BCUT2D eigenvalue weighted by Crippen LogP contribution is -2.40. The molecule has 0 amide bonds. The maximum absolute atomic E-state index is 5.22. The summed E-state index contributed by atoms with van der Waals surface area (Å²) < 4.78 is 5.22. The zero-order valence-corrected chi connectivity index (χ0v) is 7.66.